The van der Waals surface area contributed by atoms with E-state index in [1.807, 2.05) is 0 Å². The smallest absolute Gasteiger partial charge is 0.250 e. The van der Waals surface area contributed by atoms with Gasteiger partial charge in [-0.25, -0.2) is 8.78 Å². The van der Waals surface area contributed by atoms with E-state index >= 15 is 0 Å². The second-order valence-corrected chi connectivity index (χ2v) is 8.60. The van der Waals surface area contributed by atoms with Gasteiger partial charge < -0.3 is 11.1 Å². The van der Waals surface area contributed by atoms with Gasteiger partial charge in [-0.2, -0.15) is 0 Å². The topological polar surface area (TPSA) is 122 Å². The fourth-order valence-electron chi connectivity index (χ4n) is 5.31. The summed E-state index contributed by atoms with van der Waals surface area (Å²) in [4.78, 5) is 52.7. The van der Waals surface area contributed by atoms with Gasteiger partial charge in [0.1, 0.15) is 17.2 Å². The number of imide groups is 1. The minimum atomic E-state index is -1.66. The zero-order chi connectivity index (χ0) is 23.5. The maximum atomic E-state index is 14.2. The molecule has 4 N–H and O–H groups in total. The Balaban J connectivity index is 1.58. The van der Waals surface area contributed by atoms with Crippen molar-refractivity contribution in [3.63, 3.8) is 0 Å². The van der Waals surface area contributed by atoms with Crippen molar-refractivity contribution in [1.82, 2.24) is 10.2 Å². The van der Waals surface area contributed by atoms with Gasteiger partial charge in [0, 0.05) is 23.7 Å². The molecule has 5 rings (SSSR count). The number of carbonyl (C=O) groups is 4. The van der Waals surface area contributed by atoms with E-state index in [-0.39, 0.29) is 24.9 Å². The summed E-state index contributed by atoms with van der Waals surface area (Å²) in [5.74, 6) is -5.37. The minimum Gasteiger partial charge on any atom is -0.370 e. The first kappa shape index (κ1) is 21.2. The van der Waals surface area contributed by atoms with Gasteiger partial charge in [-0.1, -0.05) is 12.1 Å². The molecule has 8 nitrogen and oxygen atoms in total. The summed E-state index contributed by atoms with van der Waals surface area (Å²) in [6.45, 7) is -0.0960. The zero-order valence-electron chi connectivity index (χ0n) is 17.3. The molecular formula is C23H20F2N4O4. The molecule has 0 radical (unpaired) electrons. The van der Waals surface area contributed by atoms with E-state index in [1.54, 1.807) is 0 Å². The number of nitrogens with two attached hydrogens (primary N) is 1. The summed E-state index contributed by atoms with van der Waals surface area (Å²) in [6.07, 6.45) is 0.0631. The van der Waals surface area contributed by atoms with Gasteiger partial charge in [-0.05, 0) is 42.3 Å². The summed E-state index contributed by atoms with van der Waals surface area (Å²) in [6, 6.07) is 8.45. The molecule has 0 saturated carbocycles. The molecule has 33 heavy (non-hydrogen) atoms. The van der Waals surface area contributed by atoms with Crippen LogP contribution in [-0.4, -0.2) is 34.6 Å². The van der Waals surface area contributed by atoms with Crippen LogP contribution in [0.25, 0.3) is 0 Å². The van der Waals surface area contributed by atoms with Gasteiger partial charge in [-0.15, -0.1) is 0 Å². The third-order valence-electron chi connectivity index (χ3n) is 6.72. The lowest BCUT2D eigenvalue weighted by Gasteiger charge is -2.29. The van der Waals surface area contributed by atoms with E-state index < -0.39 is 58.7 Å². The van der Waals surface area contributed by atoms with Crippen LogP contribution in [-0.2, 0) is 31.3 Å². The Bertz CT molecular complexity index is 1200. The lowest BCUT2D eigenvalue weighted by Crippen LogP contribution is -2.53. The average molecular weight is 454 g/mol. The van der Waals surface area contributed by atoms with E-state index in [2.05, 4.69) is 10.6 Å². The molecule has 170 valence electrons. The monoisotopic (exact) mass is 454 g/mol. The minimum absolute atomic E-state index is 0.0615. The van der Waals surface area contributed by atoms with Crippen LogP contribution in [0.15, 0.2) is 42.5 Å². The molecular weight excluding hydrogens is 434 g/mol. The largest absolute Gasteiger partial charge is 0.370 e. The van der Waals surface area contributed by atoms with Crippen LogP contribution in [0, 0.1) is 23.5 Å². The number of primary amides is 1. The average Bonchev–Trinajstić information content (AvgIpc) is 3.34. The number of nitrogens with zero attached hydrogens (tertiary/aromatic N) is 1. The second kappa shape index (κ2) is 7.45. The van der Waals surface area contributed by atoms with E-state index in [0.717, 1.165) is 4.90 Å². The first-order valence-corrected chi connectivity index (χ1v) is 10.5. The Morgan fingerprint density at radius 1 is 1.03 bits per heavy atom. The van der Waals surface area contributed by atoms with E-state index in [1.165, 1.54) is 42.5 Å². The molecule has 2 unspecified atom stereocenters. The van der Waals surface area contributed by atoms with Gasteiger partial charge in [0.05, 0.1) is 18.4 Å². The molecule has 0 aliphatic carbocycles. The van der Waals surface area contributed by atoms with Gasteiger partial charge in [-0.3, -0.25) is 29.4 Å². The molecule has 10 heteroatoms. The molecule has 4 amide bonds. The van der Waals surface area contributed by atoms with Crippen molar-refractivity contribution in [2.24, 2.45) is 17.6 Å². The van der Waals surface area contributed by atoms with Crippen LogP contribution in [0.4, 0.5) is 14.5 Å². The maximum Gasteiger partial charge on any atom is 0.250 e. The lowest BCUT2D eigenvalue weighted by molar-refractivity contribution is -0.143. The molecule has 3 aliphatic rings. The van der Waals surface area contributed by atoms with Gasteiger partial charge in [0.25, 0.3) is 0 Å². The molecule has 1 spiro atoms. The standard InChI is InChI=1S/C23H20F2N4O4/c24-12-3-1-11(2-4-12)10-29-20(31)18-16(7-8-17(26)30)28-23(19(18)21(29)32)14-9-13(25)5-6-15(14)27-22(23)33/h1-6,9,16,18-19,28H,7-8,10H2,(H2,26,30)(H,27,33)/t16?,18-,19+,23?/m0/s1. The van der Waals surface area contributed by atoms with E-state index in [0.29, 0.717) is 11.3 Å². The number of amides is 4. The summed E-state index contributed by atoms with van der Waals surface area (Å²) < 4.78 is 27.5. The third-order valence-corrected chi connectivity index (χ3v) is 6.72. The predicted octanol–water partition coefficient (Wildman–Crippen LogP) is 1.15. The highest BCUT2D eigenvalue weighted by Gasteiger charge is 2.70. The Kier molecular flexibility index (Phi) is 4.78. The molecule has 3 heterocycles. The number of nitrogens with one attached hydrogen (secondary N) is 2. The van der Waals surface area contributed by atoms with E-state index in [9.17, 15) is 28.0 Å². The van der Waals surface area contributed by atoms with Crippen molar-refractivity contribution in [3.05, 3.63) is 65.2 Å². The van der Waals surface area contributed by atoms with Gasteiger partial charge >= 0.3 is 0 Å². The summed E-state index contributed by atoms with van der Waals surface area (Å²) >= 11 is 0. The molecule has 2 aromatic rings. The number of anilines is 1. The number of rotatable bonds is 5. The fraction of sp³-hybridized carbons (Fsp3) is 0.304. The Labute approximate surface area is 187 Å². The van der Waals surface area contributed by atoms with Crippen LogP contribution >= 0.6 is 0 Å². The lowest BCUT2D eigenvalue weighted by atomic mass is 9.76. The second-order valence-electron chi connectivity index (χ2n) is 8.60. The van der Waals surface area contributed by atoms with Crippen LogP contribution in [0.5, 0.6) is 0 Å². The predicted molar refractivity (Wildman–Crippen MR) is 111 cm³/mol. The van der Waals surface area contributed by atoms with Crippen molar-refractivity contribution in [2.45, 2.75) is 31.0 Å². The van der Waals surface area contributed by atoms with Crippen molar-refractivity contribution in [3.8, 4) is 0 Å². The number of hydrogen-bond acceptors (Lipinski definition) is 5. The van der Waals surface area contributed by atoms with Crippen molar-refractivity contribution < 1.29 is 28.0 Å². The Morgan fingerprint density at radius 3 is 2.42 bits per heavy atom. The highest BCUT2D eigenvalue weighted by atomic mass is 19.1. The van der Waals surface area contributed by atoms with Crippen molar-refractivity contribution in [1.29, 1.82) is 0 Å². The number of hydrogen-bond donors (Lipinski definition) is 3. The van der Waals surface area contributed by atoms with E-state index in [4.69, 9.17) is 5.73 Å². The Morgan fingerprint density at radius 2 is 1.73 bits per heavy atom. The van der Waals surface area contributed by atoms with Crippen LogP contribution < -0.4 is 16.4 Å². The van der Waals surface area contributed by atoms with Crippen molar-refractivity contribution >= 4 is 29.3 Å². The first-order valence-electron chi connectivity index (χ1n) is 10.5. The normalized spacial score (nSPS) is 27.8. The highest BCUT2D eigenvalue weighted by Crippen LogP contribution is 2.53. The van der Waals surface area contributed by atoms with Gasteiger partial charge in [0.15, 0.2) is 0 Å². The Hall–Kier alpha value is -3.66. The third kappa shape index (κ3) is 3.12. The van der Waals surface area contributed by atoms with Crippen LogP contribution in [0.1, 0.15) is 24.0 Å². The molecule has 0 bridgehead atoms. The first-order chi connectivity index (χ1) is 15.7. The van der Waals surface area contributed by atoms with Gasteiger partial charge in [0.2, 0.25) is 23.6 Å². The van der Waals surface area contributed by atoms with Crippen LogP contribution in [0.3, 0.4) is 0 Å². The summed E-state index contributed by atoms with van der Waals surface area (Å²) in [5.41, 5.74) is 4.76. The quantitative estimate of drug-likeness (QED) is 0.586. The SMILES string of the molecule is NC(=O)CCC1NC2(C(=O)Nc3ccc(F)cc32)[C@H]2C(=O)N(Cc3ccc(F)cc3)C(=O)[C@@H]12. The molecule has 2 fully saturated rings. The number of fused-ring (bicyclic) bond motifs is 4. The molecule has 2 aromatic carbocycles. The van der Waals surface area contributed by atoms with Crippen LogP contribution in [0.2, 0.25) is 0 Å². The maximum absolute atomic E-state index is 14.2. The highest BCUT2D eigenvalue weighted by molar-refractivity contribution is 6.15. The molecule has 3 aliphatic heterocycles. The summed E-state index contributed by atoms with van der Waals surface area (Å²) in [7, 11) is 0. The fourth-order valence-corrected chi connectivity index (χ4v) is 5.31. The number of carbonyl (C=O) groups excluding carboxylic acids is 4. The summed E-state index contributed by atoms with van der Waals surface area (Å²) in [5, 5.41) is 5.78. The number of benzene rings is 2. The number of likely N-dealkylation sites (tertiary alicyclic amines) is 1. The molecule has 0 aromatic heterocycles. The molecule has 2 saturated heterocycles. The molecule has 4 atom stereocenters. The van der Waals surface area contributed by atoms with Crippen molar-refractivity contribution in [2.75, 3.05) is 5.32 Å². The number of halogens is 2. The zero-order valence-corrected chi connectivity index (χ0v) is 17.3.